The van der Waals surface area contributed by atoms with Gasteiger partial charge in [0.05, 0.1) is 0 Å². The summed E-state index contributed by atoms with van der Waals surface area (Å²) in [5.41, 5.74) is 1.08. The van der Waals surface area contributed by atoms with Gasteiger partial charge in [-0.1, -0.05) is 29.8 Å². The van der Waals surface area contributed by atoms with Gasteiger partial charge in [-0.2, -0.15) is 0 Å². The number of hydrazine groups is 1. The Labute approximate surface area is 220 Å². The molecule has 0 saturated carbocycles. The highest BCUT2D eigenvalue weighted by molar-refractivity contribution is 6.31. The first-order valence-electron chi connectivity index (χ1n) is 12.5. The van der Waals surface area contributed by atoms with Crippen molar-refractivity contribution < 1.29 is 5.11 Å². The summed E-state index contributed by atoms with van der Waals surface area (Å²) in [5.74, 6) is 0.771. The number of aliphatic hydroxyl groups is 1. The fraction of sp³-hybridized carbons (Fsp3) is 0.429. The van der Waals surface area contributed by atoms with Crippen molar-refractivity contribution in [2.75, 3.05) is 56.5 Å². The van der Waals surface area contributed by atoms with E-state index >= 15 is 0 Å². The van der Waals surface area contributed by atoms with E-state index in [2.05, 4.69) is 69.9 Å². The van der Waals surface area contributed by atoms with Crippen LogP contribution in [0.15, 0.2) is 78.8 Å². The fourth-order valence-corrected chi connectivity index (χ4v) is 5.15. The third-order valence-corrected chi connectivity index (χ3v) is 7.22. The zero-order valence-electron chi connectivity index (χ0n) is 21.7. The van der Waals surface area contributed by atoms with Crippen molar-refractivity contribution in [2.45, 2.75) is 31.5 Å². The van der Waals surface area contributed by atoms with Gasteiger partial charge in [0.2, 0.25) is 0 Å². The number of anilines is 2. The van der Waals surface area contributed by atoms with Crippen LogP contribution in [0.3, 0.4) is 0 Å². The second-order valence-corrected chi connectivity index (χ2v) is 10.6. The molecular weight excluding hydrogens is 472 g/mol. The van der Waals surface area contributed by atoms with Gasteiger partial charge >= 0.3 is 0 Å². The van der Waals surface area contributed by atoms with Crippen molar-refractivity contribution in [3.63, 3.8) is 0 Å². The molecule has 3 aliphatic heterocycles. The number of benzene rings is 1. The Morgan fingerprint density at radius 2 is 1.94 bits per heavy atom. The largest absolute Gasteiger partial charge is 0.386 e. The molecule has 3 aliphatic rings. The van der Waals surface area contributed by atoms with Gasteiger partial charge in [0, 0.05) is 61.9 Å². The molecule has 0 aromatic heterocycles. The van der Waals surface area contributed by atoms with Gasteiger partial charge in [-0.15, -0.1) is 13.2 Å². The van der Waals surface area contributed by atoms with Crippen LogP contribution in [-0.4, -0.2) is 77.6 Å². The van der Waals surface area contributed by atoms with E-state index in [-0.39, 0.29) is 0 Å². The molecule has 1 atom stereocenters. The maximum Gasteiger partial charge on any atom is 0.159 e. The molecule has 3 heterocycles. The second-order valence-electron chi connectivity index (χ2n) is 10.2. The number of hydrogen-bond acceptors (Lipinski definition) is 7. The molecule has 4 rings (SSSR count). The molecular formula is C28H39ClN6O. The van der Waals surface area contributed by atoms with Crippen LogP contribution in [0.4, 0.5) is 11.4 Å². The monoisotopic (exact) mass is 510 g/mol. The maximum atomic E-state index is 11.4. The van der Waals surface area contributed by atoms with E-state index in [0.717, 1.165) is 50.7 Å². The molecule has 0 spiro atoms. The second kappa shape index (κ2) is 10.7. The summed E-state index contributed by atoms with van der Waals surface area (Å²) in [6.07, 6.45) is 12.4. The number of likely N-dealkylation sites (N-methyl/N-ethyl adjacent to an activating group) is 1. The molecule has 1 aromatic carbocycles. The van der Waals surface area contributed by atoms with E-state index in [9.17, 15) is 5.11 Å². The molecule has 1 fully saturated rings. The van der Waals surface area contributed by atoms with Crippen LogP contribution in [-0.2, 0) is 6.42 Å². The number of piperazine rings is 1. The number of dihydropyridines is 1. The van der Waals surface area contributed by atoms with Crippen LogP contribution in [0, 0.1) is 0 Å². The Balaban J connectivity index is 1.65. The summed E-state index contributed by atoms with van der Waals surface area (Å²) < 4.78 is 0. The van der Waals surface area contributed by atoms with E-state index in [0.29, 0.717) is 11.6 Å². The van der Waals surface area contributed by atoms with Crippen LogP contribution in [0.25, 0.3) is 0 Å². The van der Waals surface area contributed by atoms with Gasteiger partial charge in [0.1, 0.15) is 11.4 Å². The zero-order chi connectivity index (χ0) is 25.9. The highest BCUT2D eigenvalue weighted by atomic mass is 35.5. The van der Waals surface area contributed by atoms with Gasteiger partial charge in [-0.3, -0.25) is 5.01 Å². The number of allylic oxidation sites excluding steroid dienone is 3. The minimum atomic E-state index is -1.20. The highest BCUT2D eigenvalue weighted by Crippen LogP contribution is 2.35. The molecule has 0 amide bonds. The van der Waals surface area contributed by atoms with Crippen molar-refractivity contribution in [3.8, 4) is 0 Å². The molecule has 36 heavy (non-hydrogen) atoms. The lowest BCUT2D eigenvalue weighted by atomic mass is 9.88. The Morgan fingerprint density at radius 1 is 1.19 bits per heavy atom. The number of nitrogens with zero attached hydrogens (tertiary/aromatic N) is 4. The van der Waals surface area contributed by atoms with E-state index < -0.39 is 11.3 Å². The minimum Gasteiger partial charge on any atom is -0.386 e. The molecule has 0 radical (unpaired) electrons. The lowest BCUT2D eigenvalue weighted by Gasteiger charge is -2.47. The topological polar surface area (TPSA) is 57.3 Å². The standard InChI is InChI=1S/C28H39ClN6O/c1-6-9-22-19-24(10-11-25(22)33-17-15-32(5)16-18-33)30-28(27(3,4)36)21-23(29)20-26(31-28)35-14-8-13-34(35)12-7-2/h6-8,10-11,14,19-21,30-31,36H,1-2,9,12-13,15-18H2,3-5H3. The van der Waals surface area contributed by atoms with Gasteiger partial charge in [0.15, 0.2) is 5.66 Å². The van der Waals surface area contributed by atoms with Crippen LogP contribution >= 0.6 is 11.6 Å². The average Bonchev–Trinajstić information content (AvgIpc) is 3.28. The van der Waals surface area contributed by atoms with E-state index in [1.807, 2.05) is 35.5 Å². The molecule has 1 saturated heterocycles. The van der Waals surface area contributed by atoms with Crippen LogP contribution in [0.2, 0.25) is 0 Å². The molecule has 7 nitrogen and oxygen atoms in total. The normalized spacial score (nSPS) is 23.2. The van der Waals surface area contributed by atoms with Gasteiger partial charge < -0.3 is 25.5 Å². The van der Waals surface area contributed by atoms with E-state index in [1.54, 1.807) is 13.8 Å². The number of rotatable bonds is 9. The van der Waals surface area contributed by atoms with Crippen molar-refractivity contribution in [1.82, 2.24) is 20.2 Å². The molecule has 0 aliphatic carbocycles. The van der Waals surface area contributed by atoms with Gasteiger partial charge in [-0.25, -0.2) is 5.01 Å². The maximum absolute atomic E-state index is 11.4. The highest BCUT2D eigenvalue weighted by Gasteiger charge is 2.46. The van der Waals surface area contributed by atoms with Crippen molar-refractivity contribution >= 4 is 23.0 Å². The summed E-state index contributed by atoms with van der Waals surface area (Å²) in [5, 5.41) is 23.2. The molecule has 0 bridgehead atoms. The first-order chi connectivity index (χ1) is 17.2. The zero-order valence-corrected chi connectivity index (χ0v) is 22.4. The molecule has 8 heteroatoms. The Kier molecular flexibility index (Phi) is 7.85. The number of halogens is 1. The third-order valence-electron chi connectivity index (χ3n) is 7.00. The minimum absolute atomic E-state index is 0.539. The van der Waals surface area contributed by atoms with Gasteiger partial charge in [0.25, 0.3) is 0 Å². The predicted octanol–water partition coefficient (Wildman–Crippen LogP) is 3.85. The van der Waals surface area contributed by atoms with Crippen molar-refractivity contribution in [2.24, 2.45) is 0 Å². The summed E-state index contributed by atoms with van der Waals surface area (Å²) in [6.45, 7) is 17.0. The van der Waals surface area contributed by atoms with Gasteiger partial charge in [-0.05, 0) is 63.2 Å². The summed E-state index contributed by atoms with van der Waals surface area (Å²) >= 11 is 6.67. The van der Waals surface area contributed by atoms with E-state index in [1.165, 1.54) is 11.3 Å². The average molecular weight is 511 g/mol. The quantitative estimate of drug-likeness (QED) is 0.436. The molecule has 194 valence electrons. The first kappa shape index (κ1) is 26.4. The van der Waals surface area contributed by atoms with Crippen LogP contribution in [0.1, 0.15) is 19.4 Å². The SMILES string of the molecule is C=CCc1cc(NC2(C(C)(C)O)C=C(Cl)C=C(N3C=CCN3CC=C)N2)ccc1N1CCN(C)CC1. The molecule has 1 aromatic rings. The lowest BCUT2D eigenvalue weighted by molar-refractivity contribution is 0.00537. The Bertz CT molecular complexity index is 1070. The fourth-order valence-electron chi connectivity index (χ4n) is 4.89. The number of hydrogen-bond donors (Lipinski definition) is 3. The third kappa shape index (κ3) is 5.49. The predicted molar refractivity (Wildman–Crippen MR) is 151 cm³/mol. The summed E-state index contributed by atoms with van der Waals surface area (Å²) in [7, 11) is 2.16. The summed E-state index contributed by atoms with van der Waals surface area (Å²) in [6, 6.07) is 6.41. The van der Waals surface area contributed by atoms with Crippen molar-refractivity contribution in [1.29, 1.82) is 0 Å². The summed E-state index contributed by atoms with van der Waals surface area (Å²) in [4.78, 5) is 4.80. The molecule has 1 unspecified atom stereocenters. The van der Waals surface area contributed by atoms with Crippen molar-refractivity contribution in [3.05, 3.63) is 84.4 Å². The van der Waals surface area contributed by atoms with Crippen LogP contribution < -0.4 is 15.5 Å². The van der Waals surface area contributed by atoms with E-state index in [4.69, 9.17) is 11.6 Å². The lowest BCUT2D eigenvalue weighted by Crippen LogP contribution is -2.66. The molecule has 3 N–H and O–H groups in total. The number of nitrogens with one attached hydrogen (secondary N) is 2. The Morgan fingerprint density at radius 3 is 2.61 bits per heavy atom. The smallest absolute Gasteiger partial charge is 0.159 e. The Hall–Kier alpha value is -2.71. The first-order valence-corrected chi connectivity index (χ1v) is 12.9. The van der Waals surface area contributed by atoms with Crippen LogP contribution in [0.5, 0.6) is 0 Å².